The van der Waals surface area contributed by atoms with E-state index in [9.17, 15) is 4.79 Å². The average Bonchev–Trinajstić information content (AvgIpc) is 2.49. The normalized spacial score (nSPS) is 10.4. The highest BCUT2D eigenvalue weighted by atomic mass is 35.5. The van der Waals surface area contributed by atoms with Crippen LogP contribution in [0.1, 0.15) is 23.6 Å². The minimum Gasteiger partial charge on any atom is -0.484 e. The van der Waals surface area contributed by atoms with Gasteiger partial charge in [-0.2, -0.15) is 0 Å². The maximum absolute atomic E-state index is 12.0. The van der Waals surface area contributed by atoms with Gasteiger partial charge in [-0.1, -0.05) is 36.7 Å². The van der Waals surface area contributed by atoms with E-state index in [2.05, 4.69) is 12.2 Å². The zero-order chi connectivity index (χ0) is 16.1. The summed E-state index contributed by atoms with van der Waals surface area (Å²) in [5.74, 6) is 0.469. The van der Waals surface area contributed by atoms with Crippen molar-refractivity contribution in [2.45, 2.75) is 27.2 Å². The van der Waals surface area contributed by atoms with Gasteiger partial charge in [-0.05, 0) is 55.2 Å². The van der Waals surface area contributed by atoms with Crippen LogP contribution in [-0.4, -0.2) is 12.5 Å². The molecule has 0 heterocycles. The van der Waals surface area contributed by atoms with Crippen LogP contribution < -0.4 is 10.1 Å². The van der Waals surface area contributed by atoms with Crippen molar-refractivity contribution < 1.29 is 9.53 Å². The number of rotatable bonds is 5. The number of aryl methyl sites for hydroxylation is 3. The van der Waals surface area contributed by atoms with Crippen LogP contribution in [0.3, 0.4) is 0 Å². The van der Waals surface area contributed by atoms with Crippen molar-refractivity contribution in [1.82, 2.24) is 0 Å². The summed E-state index contributed by atoms with van der Waals surface area (Å²) in [7, 11) is 0. The van der Waals surface area contributed by atoms with Crippen molar-refractivity contribution in [3.8, 4) is 5.75 Å². The molecule has 0 fully saturated rings. The van der Waals surface area contributed by atoms with Gasteiger partial charge in [0.2, 0.25) is 0 Å². The van der Waals surface area contributed by atoms with E-state index >= 15 is 0 Å². The highest BCUT2D eigenvalue weighted by molar-refractivity contribution is 6.34. The summed E-state index contributed by atoms with van der Waals surface area (Å²) < 4.78 is 5.53. The Morgan fingerprint density at radius 2 is 2.00 bits per heavy atom. The van der Waals surface area contributed by atoms with Crippen molar-refractivity contribution in [3.05, 3.63) is 58.1 Å². The Morgan fingerprint density at radius 1 is 1.23 bits per heavy atom. The van der Waals surface area contributed by atoms with Crippen molar-refractivity contribution in [1.29, 1.82) is 0 Å². The molecule has 0 atom stereocenters. The second kappa shape index (κ2) is 7.32. The number of hydrogen-bond acceptors (Lipinski definition) is 2. The Labute approximate surface area is 136 Å². The molecule has 0 spiro atoms. The number of carbonyl (C=O) groups excluding carboxylic acids is 1. The monoisotopic (exact) mass is 317 g/mol. The number of hydrogen-bond donors (Lipinski definition) is 1. The van der Waals surface area contributed by atoms with E-state index in [0.29, 0.717) is 16.5 Å². The van der Waals surface area contributed by atoms with E-state index in [0.717, 1.165) is 17.5 Å². The van der Waals surface area contributed by atoms with Crippen LogP contribution in [0, 0.1) is 13.8 Å². The summed E-state index contributed by atoms with van der Waals surface area (Å²) in [4.78, 5) is 12.0. The molecule has 2 rings (SSSR count). The van der Waals surface area contributed by atoms with Crippen LogP contribution in [0.25, 0.3) is 0 Å². The molecule has 0 aliphatic heterocycles. The molecule has 0 unspecified atom stereocenters. The minimum absolute atomic E-state index is 0.0448. The first-order valence-corrected chi connectivity index (χ1v) is 7.65. The minimum atomic E-state index is -0.226. The Hall–Kier alpha value is -2.00. The van der Waals surface area contributed by atoms with Crippen LogP contribution in [0.4, 0.5) is 5.69 Å². The van der Waals surface area contributed by atoms with Crippen molar-refractivity contribution in [2.75, 3.05) is 11.9 Å². The third-order valence-corrected chi connectivity index (χ3v) is 3.67. The zero-order valence-electron chi connectivity index (χ0n) is 13.1. The van der Waals surface area contributed by atoms with E-state index in [1.165, 1.54) is 5.56 Å². The molecule has 116 valence electrons. The Kier molecular flexibility index (Phi) is 5.45. The molecule has 0 radical (unpaired) electrons. The first-order valence-electron chi connectivity index (χ1n) is 7.28. The summed E-state index contributed by atoms with van der Waals surface area (Å²) in [5, 5.41) is 3.35. The largest absolute Gasteiger partial charge is 0.484 e. The molecular formula is C18H20ClNO2. The quantitative estimate of drug-likeness (QED) is 0.879. The average molecular weight is 318 g/mol. The number of halogens is 1. The smallest absolute Gasteiger partial charge is 0.262 e. The molecule has 0 saturated heterocycles. The van der Waals surface area contributed by atoms with Gasteiger partial charge in [0.05, 0.1) is 10.7 Å². The van der Waals surface area contributed by atoms with Gasteiger partial charge in [-0.3, -0.25) is 4.79 Å². The standard InChI is InChI=1S/C18H20ClNO2/c1-4-14-6-5-7-15(10-14)22-11-17(21)20-18-13(3)8-12(2)9-16(18)19/h5-10H,4,11H2,1-3H3,(H,20,21). The van der Waals surface area contributed by atoms with Crippen molar-refractivity contribution in [3.63, 3.8) is 0 Å². The molecule has 0 saturated carbocycles. The molecule has 0 bridgehead atoms. The zero-order valence-corrected chi connectivity index (χ0v) is 13.8. The molecule has 3 nitrogen and oxygen atoms in total. The lowest BCUT2D eigenvalue weighted by molar-refractivity contribution is -0.118. The second-order valence-corrected chi connectivity index (χ2v) is 5.68. The molecule has 2 aromatic carbocycles. The van der Waals surface area contributed by atoms with E-state index in [1.54, 1.807) is 0 Å². The number of anilines is 1. The van der Waals surface area contributed by atoms with Gasteiger partial charge in [0.1, 0.15) is 5.75 Å². The Bertz CT molecular complexity index is 660. The van der Waals surface area contributed by atoms with Gasteiger partial charge in [-0.25, -0.2) is 0 Å². The topological polar surface area (TPSA) is 38.3 Å². The second-order valence-electron chi connectivity index (χ2n) is 5.28. The molecule has 0 aliphatic carbocycles. The van der Waals surface area contributed by atoms with Crippen molar-refractivity contribution in [2.24, 2.45) is 0 Å². The summed E-state index contributed by atoms with van der Waals surface area (Å²) >= 11 is 6.18. The maximum Gasteiger partial charge on any atom is 0.262 e. The lowest BCUT2D eigenvalue weighted by Crippen LogP contribution is -2.21. The van der Waals surface area contributed by atoms with Gasteiger partial charge in [-0.15, -0.1) is 0 Å². The fourth-order valence-electron chi connectivity index (χ4n) is 2.25. The molecule has 22 heavy (non-hydrogen) atoms. The summed E-state index contributed by atoms with van der Waals surface area (Å²) in [6.07, 6.45) is 0.932. The first-order chi connectivity index (χ1) is 10.5. The van der Waals surface area contributed by atoms with Crippen LogP contribution in [0.2, 0.25) is 5.02 Å². The molecule has 0 aromatic heterocycles. The molecule has 0 aliphatic rings. The fraction of sp³-hybridized carbons (Fsp3) is 0.278. The third kappa shape index (κ3) is 4.25. The highest BCUT2D eigenvalue weighted by Gasteiger charge is 2.10. The van der Waals surface area contributed by atoms with Gasteiger partial charge >= 0.3 is 0 Å². The predicted octanol–water partition coefficient (Wildman–Crippen LogP) is 4.54. The summed E-state index contributed by atoms with van der Waals surface area (Å²) in [6, 6.07) is 11.5. The van der Waals surface area contributed by atoms with E-state index in [4.69, 9.17) is 16.3 Å². The Morgan fingerprint density at radius 3 is 2.68 bits per heavy atom. The van der Waals surface area contributed by atoms with E-state index in [1.807, 2.05) is 50.2 Å². The third-order valence-electron chi connectivity index (χ3n) is 3.37. The van der Waals surface area contributed by atoms with Gasteiger partial charge < -0.3 is 10.1 Å². The first kappa shape index (κ1) is 16.4. The number of carbonyl (C=O) groups is 1. The number of nitrogens with one attached hydrogen (secondary N) is 1. The van der Waals surface area contributed by atoms with Gasteiger partial charge in [0.15, 0.2) is 6.61 Å². The number of amides is 1. The van der Waals surface area contributed by atoms with Crippen LogP contribution in [-0.2, 0) is 11.2 Å². The molecule has 1 N–H and O–H groups in total. The number of ether oxygens (including phenoxy) is 1. The number of benzene rings is 2. The predicted molar refractivity (Wildman–Crippen MR) is 90.9 cm³/mol. The Balaban J connectivity index is 1.99. The molecule has 4 heteroatoms. The van der Waals surface area contributed by atoms with Crippen molar-refractivity contribution >= 4 is 23.2 Å². The molecule has 2 aromatic rings. The maximum atomic E-state index is 12.0. The van der Waals surface area contributed by atoms with Gasteiger partial charge in [0, 0.05) is 0 Å². The van der Waals surface area contributed by atoms with Gasteiger partial charge in [0.25, 0.3) is 5.91 Å². The lowest BCUT2D eigenvalue weighted by Gasteiger charge is -2.12. The van der Waals surface area contributed by atoms with Crippen LogP contribution in [0.15, 0.2) is 36.4 Å². The molecule has 1 amide bonds. The highest BCUT2D eigenvalue weighted by Crippen LogP contribution is 2.27. The summed E-state index contributed by atoms with van der Waals surface area (Å²) in [5.41, 5.74) is 3.82. The fourth-order valence-corrected chi connectivity index (χ4v) is 2.62. The molecular weight excluding hydrogens is 298 g/mol. The SMILES string of the molecule is CCc1cccc(OCC(=O)Nc2c(C)cc(C)cc2Cl)c1. The van der Waals surface area contributed by atoms with E-state index in [-0.39, 0.29) is 12.5 Å². The lowest BCUT2D eigenvalue weighted by atomic mass is 10.1. The summed E-state index contributed by atoms with van der Waals surface area (Å²) in [6.45, 7) is 5.92. The van der Waals surface area contributed by atoms with Crippen LogP contribution in [0.5, 0.6) is 5.75 Å². The van der Waals surface area contributed by atoms with Crippen LogP contribution >= 0.6 is 11.6 Å². The van der Waals surface area contributed by atoms with E-state index < -0.39 is 0 Å².